The van der Waals surface area contributed by atoms with Crippen LogP contribution in [0.5, 0.6) is 0 Å². The Bertz CT molecular complexity index is 729. The number of nitrogens with one attached hydrogen (secondary N) is 1. The van der Waals surface area contributed by atoms with Crippen molar-refractivity contribution >= 4 is 39.7 Å². The standard InChI is InChI=1S/C12H9ClN4O3S/c13-8-4-3-7(5-9(8)17(19)20)10(18)14-12-16-15-11(21-12)6-1-2-6/h3-6H,1-2H2,(H,14,16,18). The average Bonchev–Trinajstić information content (AvgIpc) is 3.19. The van der Waals surface area contributed by atoms with Crippen molar-refractivity contribution in [2.75, 3.05) is 5.32 Å². The summed E-state index contributed by atoms with van der Waals surface area (Å²) in [4.78, 5) is 22.2. The molecule has 1 aromatic heterocycles. The molecule has 0 radical (unpaired) electrons. The third-order valence-electron chi connectivity index (χ3n) is 2.99. The molecule has 1 aliphatic carbocycles. The lowest BCUT2D eigenvalue weighted by atomic mass is 10.2. The molecule has 0 saturated heterocycles. The lowest BCUT2D eigenvalue weighted by Crippen LogP contribution is -2.12. The number of anilines is 1. The van der Waals surface area contributed by atoms with Crippen molar-refractivity contribution in [1.29, 1.82) is 0 Å². The summed E-state index contributed by atoms with van der Waals surface area (Å²) in [5.41, 5.74) is -0.158. The van der Waals surface area contributed by atoms with Gasteiger partial charge in [0.2, 0.25) is 5.13 Å². The summed E-state index contributed by atoms with van der Waals surface area (Å²) in [6, 6.07) is 3.89. The van der Waals surface area contributed by atoms with Crippen molar-refractivity contribution in [2.45, 2.75) is 18.8 Å². The number of benzene rings is 1. The van der Waals surface area contributed by atoms with Gasteiger partial charge in [0.25, 0.3) is 11.6 Å². The number of rotatable bonds is 4. The fraction of sp³-hybridized carbons (Fsp3) is 0.250. The maximum atomic E-state index is 12.1. The SMILES string of the molecule is O=C(Nc1nnc(C2CC2)s1)c1ccc(Cl)c([N+](=O)[O-])c1. The zero-order chi connectivity index (χ0) is 15.0. The van der Waals surface area contributed by atoms with Crippen molar-refractivity contribution in [1.82, 2.24) is 10.2 Å². The van der Waals surface area contributed by atoms with Gasteiger partial charge in [-0.15, -0.1) is 10.2 Å². The zero-order valence-corrected chi connectivity index (χ0v) is 12.1. The number of nitro benzene ring substituents is 1. The van der Waals surface area contributed by atoms with Gasteiger partial charge in [-0.1, -0.05) is 22.9 Å². The number of halogens is 1. The van der Waals surface area contributed by atoms with Crippen LogP contribution < -0.4 is 5.32 Å². The Morgan fingerprint density at radius 2 is 2.19 bits per heavy atom. The van der Waals surface area contributed by atoms with Crippen LogP contribution in [0.25, 0.3) is 0 Å². The van der Waals surface area contributed by atoms with Gasteiger partial charge in [-0.25, -0.2) is 0 Å². The number of nitrogens with zero attached hydrogens (tertiary/aromatic N) is 3. The Morgan fingerprint density at radius 3 is 2.86 bits per heavy atom. The third-order valence-corrected chi connectivity index (χ3v) is 4.31. The summed E-state index contributed by atoms with van der Waals surface area (Å²) >= 11 is 7.03. The van der Waals surface area contributed by atoms with Crippen LogP contribution in [-0.2, 0) is 0 Å². The summed E-state index contributed by atoms with van der Waals surface area (Å²) in [6.07, 6.45) is 2.21. The van der Waals surface area contributed by atoms with Gasteiger partial charge < -0.3 is 0 Å². The van der Waals surface area contributed by atoms with Gasteiger partial charge >= 0.3 is 0 Å². The molecule has 9 heteroatoms. The number of hydrogen-bond donors (Lipinski definition) is 1. The minimum atomic E-state index is -0.630. The second-order valence-electron chi connectivity index (χ2n) is 4.60. The molecule has 3 rings (SSSR count). The minimum Gasteiger partial charge on any atom is -0.296 e. The van der Waals surface area contributed by atoms with E-state index in [2.05, 4.69) is 15.5 Å². The van der Waals surface area contributed by atoms with Crippen molar-refractivity contribution < 1.29 is 9.72 Å². The zero-order valence-electron chi connectivity index (χ0n) is 10.6. The highest BCUT2D eigenvalue weighted by Crippen LogP contribution is 2.42. The molecular weight excluding hydrogens is 316 g/mol. The van der Waals surface area contributed by atoms with Crippen LogP contribution in [-0.4, -0.2) is 21.0 Å². The Labute approximate surface area is 128 Å². The van der Waals surface area contributed by atoms with E-state index in [4.69, 9.17) is 11.6 Å². The minimum absolute atomic E-state index is 0.0107. The van der Waals surface area contributed by atoms with Crippen molar-refractivity contribution in [3.63, 3.8) is 0 Å². The molecule has 1 N–H and O–H groups in total. The highest BCUT2D eigenvalue weighted by atomic mass is 35.5. The fourth-order valence-corrected chi connectivity index (χ4v) is 2.84. The molecule has 0 spiro atoms. The third kappa shape index (κ3) is 3.01. The predicted molar refractivity (Wildman–Crippen MR) is 77.9 cm³/mol. The average molecular weight is 325 g/mol. The number of amides is 1. The first-order chi connectivity index (χ1) is 10.0. The van der Waals surface area contributed by atoms with E-state index >= 15 is 0 Å². The van der Waals surface area contributed by atoms with Gasteiger partial charge in [-0.05, 0) is 25.0 Å². The van der Waals surface area contributed by atoms with Crippen LogP contribution in [0.1, 0.15) is 34.1 Å². The molecule has 0 bridgehead atoms. The van der Waals surface area contributed by atoms with Crippen molar-refractivity contribution in [3.8, 4) is 0 Å². The van der Waals surface area contributed by atoms with Gasteiger partial charge in [0.15, 0.2) is 0 Å². The maximum Gasteiger partial charge on any atom is 0.288 e. The van der Waals surface area contributed by atoms with Gasteiger partial charge in [-0.3, -0.25) is 20.2 Å². The highest BCUT2D eigenvalue weighted by molar-refractivity contribution is 7.15. The lowest BCUT2D eigenvalue weighted by molar-refractivity contribution is -0.384. The van der Waals surface area contributed by atoms with Gasteiger partial charge in [0.1, 0.15) is 10.0 Å². The van der Waals surface area contributed by atoms with Gasteiger partial charge in [0, 0.05) is 17.5 Å². The van der Waals surface area contributed by atoms with Crippen LogP contribution in [0, 0.1) is 10.1 Å². The van der Waals surface area contributed by atoms with Crippen molar-refractivity contribution in [3.05, 3.63) is 43.9 Å². The normalized spacial score (nSPS) is 14.0. The number of hydrogen-bond acceptors (Lipinski definition) is 6. The van der Waals surface area contributed by atoms with E-state index in [1.807, 2.05) is 0 Å². The van der Waals surface area contributed by atoms with E-state index in [0.29, 0.717) is 11.0 Å². The fourth-order valence-electron chi connectivity index (χ4n) is 1.74. The van der Waals surface area contributed by atoms with E-state index in [-0.39, 0.29) is 16.3 Å². The molecule has 1 aromatic carbocycles. The summed E-state index contributed by atoms with van der Waals surface area (Å²) in [5, 5.41) is 22.6. The van der Waals surface area contributed by atoms with E-state index in [0.717, 1.165) is 23.9 Å². The van der Waals surface area contributed by atoms with Crippen LogP contribution >= 0.6 is 22.9 Å². The van der Waals surface area contributed by atoms with E-state index < -0.39 is 10.8 Å². The molecule has 1 heterocycles. The first kappa shape index (κ1) is 13.9. The van der Waals surface area contributed by atoms with E-state index in [9.17, 15) is 14.9 Å². The molecule has 1 saturated carbocycles. The molecule has 0 aliphatic heterocycles. The molecule has 21 heavy (non-hydrogen) atoms. The number of carbonyl (C=O) groups is 1. The van der Waals surface area contributed by atoms with E-state index in [1.165, 1.54) is 23.5 Å². The Morgan fingerprint density at radius 1 is 1.43 bits per heavy atom. The maximum absolute atomic E-state index is 12.1. The molecular formula is C12H9ClN4O3S. The molecule has 1 aliphatic rings. The molecule has 7 nitrogen and oxygen atoms in total. The predicted octanol–water partition coefficient (Wildman–Crippen LogP) is 3.23. The summed E-state index contributed by atoms with van der Waals surface area (Å²) in [7, 11) is 0. The van der Waals surface area contributed by atoms with Crippen LogP contribution in [0.4, 0.5) is 10.8 Å². The summed E-state index contributed by atoms with van der Waals surface area (Å²) in [5.74, 6) is -0.0157. The summed E-state index contributed by atoms with van der Waals surface area (Å²) in [6.45, 7) is 0. The lowest BCUT2D eigenvalue weighted by Gasteiger charge is -2.02. The highest BCUT2D eigenvalue weighted by Gasteiger charge is 2.28. The van der Waals surface area contributed by atoms with Gasteiger partial charge in [0.05, 0.1) is 4.92 Å². The Hall–Kier alpha value is -2.06. The van der Waals surface area contributed by atoms with E-state index in [1.54, 1.807) is 0 Å². The number of carbonyl (C=O) groups excluding carboxylic acids is 1. The van der Waals surface area contributed by atoms with Crippen LogP contribution in [0.2, 0.25) is 5.02 Å². The largest absolute Gasteiger partial charge is 0.296 e. The van der Waals surface area contributed by atoms with Crippen molar-refractivity contribution in [2.24, 2.45) is 0 Å². The topological polar surface area (TPSA) is 98.0 Å². The molecule has 0 unspecified atom stereocenters. The van der Waals surface area contributed by atoms with Gasteiger partial charge in [-0.2, -0.15) is 0 Å². The first-order valence-electron chi connectivity index (χ1n) is 6.13. The first-order valence-corrected chi connectivity index (χ1v) is 7.32. The van der Waals surface area contributed by atoms with Crippen LogP contribution in [0.15, 0.2) is 18.2 Å². The quantitative estimate of drug-likeness (QED) is 0.687. The molecule has 1 amide bonds. The molecule has 108 valence electrons. The van der Waals surface area contributed by atoms with Crippen LogP contribution in [0.3, 0.4) is 0 Å². The Balaban J connectivity index is 1.77. The monoisotopic (exact) mass is 324 g/mol. The molecule has 1 fully saturated rings. The second kappa shape index (κ2) is 5.38. The number of aromatic nitrogens is 2. The smallest absolute Gasteiger partial charge is 0.288 e. The summed E-state index contributed by atoms with van der Waals surface area (Å²) < 4.78 is 0. The Kier molecular flexibility index (Phi) is 3.56. The molecule has 2 aromatic rings. The number of nitro groups is 1. The second-order valence-corrected chi connectivity index (χ2v) is 6.01. The molecule has 0 atom stereocenters.